The molecule has 0 amide bonds. The van der Waals surface area contributed by atoms with Gasteiger partial charge in [0.1, 0.15) is 5.75 Å². The van der Waals surface area contributed by atoms with Crippen molar-refractivity contribution < 1.29 is 4.74 Å². The monoisotopic (exact) mass is 308 g/mol. The smallest absolute Gasteiger partial charge is 0.119 e. The Morgan fingerprint density at radius 2 is 1.96 bits per heavy atom. The molecule has 0 fully saturated rings. The molecule has 3 aromatic rings. The number of aryl methyl sites for hydroxylation is 1. The SMILES string of the molecule is CCc1ccc2[nH]c(Cc3cccc(OC)c3)c(CCN)c2c1. The number of methoxy groups -OCH3 is 1. The van der Waals surface area contributed by atoms with E-state index in [1.807, 2.05) is 12.1 Å². The minimum Gasteiger partial charge on any atom is -0.497 e. The molecule has 2 aromatic carbocycles. The lowest BCUT2D eigenvalue weighted by Gasteiger charge is -2.06. The topological polar surface area (TPSA) is 51.0 Å². The van der Waals surface area contributed by atoms with Crippen molar-refractivity contribution >= 4 is 10.9 Å². The molecule has 0 bridgehead atoms. The summed E-state index contributed by atoms with van der Waals surface area (Å²) in [4.78, 5) is 3.59. The Morgan fingerprint density at radius 3 is 2.70 bits per heavy atom. The predicted molar refractivity (Wildman–Crippen MR) is 96.2 cm³/mol. The number of hydrogen-bond donors (Lipinski definition) is 2. The molecule has 1 aromatic heterocycles. The average molecular weight is 308 g/mol. The van der Waals surface area contributed by atoms with E-state index in [4.69, 9.17) is 10.5 Å². The minimum absolute atomic E-state index is 0.661. The van der Waals surface area contributed by atoms with E-state index in [0.29, 0.717) is 6.54 Å². The standard InChI is InChI=1S/C20H24N2O/c1-3-14-7-8-19-18(12-14)17(9-10-21)20(22-19)13-15-5-4-6-16(11-15)23-2/h4-8,11-12,22H,3,9-10,13,21H2,1-2H3. The van der Waals surface area contributed by atoms with Crippen molar-refractivity contribution in [2.75, 3.05) is 13.7 Å². The molecular weight excluding hydrogens is 284 g/mol. The Hall–Kier alpha value is -2.26. The third-order valence-corrected chi connectivity index (χ3v) is 4.38. The molecule has 0 unspecified atom stereocenters. The van der Waals surface area contributed by atoms with E-state index in [0.717, 1.165) is 25.0 Å². The summed E-state index contributed by atoms with van der Waals surface area (Å²) in [5.41, 5.74) is 12.3. The number of ether oxygens (including phenoxy) is 1. The van der Waals surface area contributed by atoms with E-state index in [2.05, 4.69) is 42.2 Å². The quantitative estimate of drug-likeness (QED) is 0.727. The lowest BCUT2D eigenvalue weighted by atomic mass is 10.0. The molecule has 0 radical (unpaired) electrons. The van der Waals surface area contributed by atoms with E-state index in [-0.39, 0.29) is 0 Å². The highest BCUT2D eigenvalue weighted by atomic mass is 16.5. The molecule has 120 valence electrons. The van der Waals surface area contributed by atoms with Crippen LogP contribution in [0.2, 0.25) is 0 Å². The Morgan fingerprint density at radius 1 is 1.09 bits per heavy atom. The molecule has 3 N–H and O–H groups in total. The van der Waals surface area contributed by atoms with E-state index < -0.39 is 0 Å². The third kappa shape index (κ3) is 3.25. The van der Waals surface area contributed by atoms with Crippen molar-refractivity contribution in [1.29, 1.82) is 0 Å². The lowest BCUT2D eigenvalue weighted by Crippen LogP contribution is -2.05. The first-order chi connectivity index (χ1) is 11.2. The van der Waals surface area contributed by atoms with Crippen molar-refractivity contribution in [3.05, 3.63) is 64.8 Å². The van der Waals surface area contributed by atoms with Crippen LogP contribution in [0.1, 0.15) is 29.3 Å². The maximum atomic E-state index is 5.86. The average Bonchev–Trinajstić information content (AvgIpc) is 2.92. The summed E-state index contributed by atoms with van der Waals surface area (Å²) >= 11 is 0. The summed E-state index contributed by atoms with van der Waals surface area (Å²) in [6.45, 7) is 2.85. The summed E-state index contributed by atoms with van der Waals surface area (Å²) in [6, 6.07) is 14.9. The number of nitrogens with one attached hydrogen (secondary N) is 1. The Labute approximate surface area is 137 Å². The van der Waals surface area contributed by atoms with Gasteiger partial charge in [0.05, 0.1) is 7.11 Å². The first-order valence-corrected chi connectivity index (χ1v) is 8.20. The molecule has 3 rings (SSSR count). The number of hydrogen-bond acceptors (Lipinski definition) is 2. The molecular formula is C20H24N2O. The van der Waals surface area contributed by atoms with Crippen LogP contribution in [0, 0.1) is 0 Å². The lowest BCUT2D eigenvalue weighted by molar-refractivity contribution is 0.414. The van der Waals surface area contributed by atoms with Gasteiger partial charge in [-0.2, -0.15) is 0 Å². The van der Waals surface area contributed by atoms with Crippen LogP contribution in [0.25, 0.3) is 10.9 Å². The second-order valence-corrected chi connectivity index (χ2v) is 5.88. The summed E-state index contributed by atoms with van der Waals surface area (Å²) in [5, 5.41) is 1.31. The van der Waals surface area contributed by atoms with Gasteiger partial charge in [-0.3, -0.25) is 0 Å². The fourth-order valence-electron chi connectivity index (χ4n) is 3.14. The van der Waals surface area contributed by atoms with Gasteiger partial charge in [-0.1, -0.05) is 25.1 Å². The normalized spacial score (nSPS) is 11.1. The molecule has 3 nitrogen and oxygen atoms in total. The van der Waals surface area contributed by atoms with Crippen molar-refractivity contribution in [2.45, 2.75) is 26.2 Å². The van der Waals surface area contributed by atoms with E-state index in [1.54, 1.807) is 7.11 Å². The first-order valence-electron chi connectivity index (χ1n) is 8.20. The van der Waals surface area contributed by atoms with Crippen molar-refractivity contribution in [1.82, 2.24) is 4.98 Å². The Kier molecular flexibility index (Phi) is 4.68. The largest absolute Gasteiger partial charge is 0.497 e. The highest BCUT2D eigenvalue weighted by Gasteiger charge is 2.12. The van der Waals surface area contributed by atoms with Gasteiger partial charge >= 0.3 is 0 Å². The highest BCUT2D eigenvalue weighted by Crippen LogP contribution is 2.27. The second-order valence-electron chi connectivity index (χ2n) is 5.88. The van der Waals surface area contributed by atoms with E-state index in [9.17, 15) is 0 Å². The molecule has 0 aliphatic rings. The molecule has 0 aliphatic carbocycles. The molecule has 3 heteroatoms. The zero-order valence-electron chi connectivity index (χ0n) is 13.9. The van der Waals surface area contributed by atoms with Crippen LogP contribution in [0.5, 0.6) is 5.75 Å². The zero-order chi connectivity index (χ0) is 16.2. The van der Waals surface area contributed by atoms with Crippen molar-refractivity contribution in [3.63, 3.8) is 0 Å². The van der Waals surface area contributed by atoms with E-state index in [1.165, 1.54) is 33.3 Å². The van der Waals surface area contributed by atoms with E-state index >= 15 is 0 Å². The summed E-state index contributed by atoms with van der Waals surface area (Å²) in [5.74, 6) is 0.896. The number of H-pyrrole nitrogens is 1. The van der Waals surface area contributed by atoms with Crippen LogP contribution in [0.15, 0.2) is 42.5 Å². The molecule has 1 heterocycles. The van der Waals surface area contributed by atoms with Crippen LogP contribution >= 0.6 is 0 Å². The molecule has 0 saturated carbocycles. The van der Waals surface area contributed by atoms with Gasteiger partial charge in [-0.25, -0.2) is 0 Å². The number of nitrogens with two attached hydrogens (primary N) is 1. The molecule has 23 heavy (non-hydrogen) atoms. The van der Waals surface area contributed by atoms with Gasteiger partial charge in [0.2, 0.25) is 0 Å². The minimum atomic E-state index is 0.661. The van der Waals surface area contributed by atoms with Crippen LogP contribution in [-0.2, 0) is 19.3 Å². The second kappa shape index (κ2) is 6.88. The summed E-state index contributed by atoms with van der Waals surface area (Å²) in [7, 11) is 1.70. The van der Waals surface area contributed by atoms with Gasteiger partial charge in [-0.05, 0) is 60.3 Å². The van der Waals surface area contributed by atoms with Crippen LogP contribution in [0.3, 0.4) is 0 Å². The van der Waals surface area contributed by atoms with Crippen molar-refractivity contribution in [3.8, 4) is 5.75 Å². The van der Waals surface area contributed by atoms with Crippen LogP contribution < -0.4 is 10.5 Å². The number of aromatic amines is 1. The van der Waals surface area contributed by atoms with Gasteiger partial charge in [0.25, 0.3) is 0 Å². The maximum Gasteiger partial charge on any atom is 0.119 e. The third-order valence-electron chi connectivity index (χ3n) is 4.38. The Bertz CT molecular complexity index is 805. The summed E-state index contributed by atoms with van der Waals surface area (Å²) < 4.78 is 5.33. The number of benzene rings is 2. The Balaban J connectivity index is 2.03. The van der Waals surface area contributed by atoms with Gasteiger partial charge in [0.15, 0.2) is 0 Å². The molecule has 0 spiro atoms. The molecule has 0 aliphatic heterocycles. The number of rotatable bonds is 6. The number of aromatic nitrogens is 1. The number of fused-ring (bicyclic) bond motifs is 1. The van der Waals surface area contributed by atoms with Gasteiger partial charge in [-0.15, -0.1) is 0 Å². The molecule has 0 atom stereocenters. The predicted octanol–water partition coefficient (Wildman–Crippen LogP) is 3.83. The zero-order valence-corrected chi connectivity index (χ0v) is 13.9. The van der Waals surface area contributed by atoms with Gasteiger partial charge < -0.3 is 15.5 Å². The first kappa shape index (κ1) is 15.6. The van der Waals surface area contributed by atoms with Crippen LogP contribution in [-0.4, -0.2) is 18.6 Å². The highest BCUT2D eigenvalue weighted by molar-refractivity contribution is 5.85. The summed E-state index contributed by atoms with van der Waals surface area (Å²) in [6.07, 6.45) is 2.81. The van der Waals surface area contributed by atoms with Crippen molar-refractivity contribution in [2.24, 2.45) is 5.73 Å². The maximum absolute atomic E-state index is 5.86. The van der Waals surface area contributed by atoms with Crippen LogP contribution in [0.4, 0.5) is 0 Å². The fraction of sp³-hybridized carbons (Fsp3) is 0.300. The molecule has 0 saturated heterocycles. The fourth-order valence-corrected chi connectivity index (χ4v) is 3.14. The van der Waals surface area contributed by atoms with Gasteiger partial charge in [0, 0.05) is 23.0 Å².